The Morgan fingerprint density at radius 3 is 2.97 bits per heavy atom. The number of hydrogen-bond donors (Lipinski definition) is 3. The van der Waals surface area contributed by atoms with E-state index in [1.54, 1.807) is 6.20 Å². The Kier molecular flexibility index (Phi) is 6.26. The highest BCUT2D eigenvalue weighted by Crippen LogP contribution is 2.29. The van der Waals surface area contributed by atoms with Gasteiger partial charge in [0.2, 0.25) is 5.91 Å². The number of ether oxygens (including phenoxy) is 1. The molecule has 170 valence electrons. The molecule has 8 nitrogen and oxygen atoms in total. The molecule has 2 aromatic heterocycles. The highest BCUT2D eigenvalue weighted by Gasteiger charge is 2.31. The third-order valence-electron chi connectivity index (χ3n) is 4.98. The van der Waals surface area contributed by atoms with Crippen LogP contribution < -0.4 is 20.3 Å². The van der Waals surface area contributed by atoms with Crippen LogP contribution in [0.1, 0.15) is 12.8 Å². The predicted octanol–water partition coefficient (Wildman–Crippen LogP) is 3.71. The second-order valence-corrected chi connectivity index (χ2v) is 7.80. The van der Waals surface area contributed by atoms with Gasteiger partial charge >= 0.3 is 6.36 Å². The second kappa shape index (κ2) is 9.11. The number of H-pyrrole nitrogens is 1. The quantitative estimate of drug-likeness (QED) is 0.510. The minimum absolute atomic E-state index is 0.0542. The first-order chi connectivity index (χ1) is 15.3. The van der Waals surface area contributed by atoms with Gasteiger partial charge in [-0.15, -0.1) is 13.2 Å². The number of aromatic nitrogens is 3. The summed E-state index contributed by atoms with van der Waals surface area (Å²) < 4.78 is 41.2. The minimum Gasteiger partial charge on any atom is -0.406 e. The van der Waals surface area contributed by atoms with Crippen molar-refractivity contribution in [3.05, 3.63) is 41.8 Å². The van der Waals surface area contributed by atoms with Crippen LogP contribution in [0.2, 0.25) is 5.02 Å². The molecular formula is C20H20ClF3N6O2. The molecule has 3 aromatic rings. The molecule has 1 saturated heterocycles. The van der Waals surface area contributed by atoms with Crippen LogP contribution in [0.25, 0.3) is 11.0 Å². The van der Waals surface area contributed by atoms with E-state index in [4.69, 9.17) is 11.6 Å². The first kappa shape index (κ1) is 22.0. The smallest absolute Gasteiger partial charge is 0.406 e. The third kappa shape index (κ3) is 5.52. The molecule has 4 rings (SSSR count). The SMILES string of the molecule is O=C(CNc1cc(Cl)cc(OC(F)(F)F)c1)N[C@@H]1CCCN(c2ncnc3[nH]ccc23)C1. The number of benzene rings is 1. The van der Waals surface area contributed by atoms with E-state index in [0.29, 0.717) is 6.54 Å². The molecule has 0 aliphatic carbocycles. The lowest BCUT2D eigenvalue weighted by Crippen LogP contribution is -2.49. The van der Waals surface area contributed by atoms with E-state index in [9.17, 15) is 18.0 Å². The highest BCUT2D eigenvalue weighted by atomic mass is 35.5. The third-order valence-corrected chi connectivity index (χ3v) is 5.20. The van der Waals surface area contributed by atoms with Crippen LogP contribution in [-0.4, -0.2) is 52.9 Å². The van der Waals surface area contributed by atoms with Gasteiger partial charge in [-0.25, -0.2) is 9.97 Å². The van der Waals surface area contributed by atoms with E-state index in [0.717, 1.165) is 48.4 Å². The summed E-state index contributed by atoms with van der Waals surface area (Å²) in [5, 5.41) is 6.71. The van der Waals surface area contributed by atoms with E-state index in [1.807, 2.05) is 6.07 Å². The van der Waals surface area contributed by atoms with Crippen molar-refractivity contribution in [3.8, 4) is 5.75 Å². The summed E-state index contributed by atoms with van der Waals surface area (Å²) in [7, 11) is 0. The van der Waals surface area contributed by atoms with Gasteiger partial charge in [-0.3, -0.25) is 4.79 Å². The molecule has 1 aromatic carbocycles. The number of anilines is 2. The molecule has 0 bridgehead atoms. The lowest BCUT2D eigenvalue weighted by atomic mass is 10.1. The van der Waals surface area contributed by atoms with Gasteiger partial charge in [0, 0.05) is 42.1 Å². The Morgan fingerprint density at radius 1 is 1.31 bits per heavy atom. The van der Waals surface area contributed by atoms with Gasteiger partial charge in [0.1, 0.15) is 23.5 Å². The van der Waals surface area contributed by atoms with Crippen molar-refractivity contribution in [2.24, 2.45) is 0 Å². The number of nitrogens with one attached hydrogen (secondary N) is 3. The summed E-state index contributed by atoms with van der Waals surface area (Å²) in [6.07, 6.45) is 0.160. The van der Waals surface area contributed by atoms with Gasteiger partial charge in [-0.2, -0.15) is 0 Å². The topological polar surface area (TPSA) is 95.2 Å². The summed E-state index contributed by atoms with van der Waals surface area (Å²) >= 11 is 5.85. The van der Waals surface area contributed by atoms with Gasteiger partial charge in [0.25, 0.3) is 0 Å². The second-order valence-electron chi connectivity index (χ2n) is 7.37. The molecule has 1 aliphatic rings. The molecule has 32 heavy (non-hydrogen) atoms. The van der Waals surface area contributed by atoms with Crippen LogP contribution in [0.15, 0.2) is 36.8 Å². The fourth-order valence-corrected chi connectivity index (χ4v) is 3.94. The molecule has 1 atom stereocenters. The van der Waals surface area contributed by atoms with E-state index in [2.05, 4.69) is 35.2 Å². The molecule has 3 heterocycles. The van der Waals surface area contributed by atoms with Crippen molar-refractivity contribution in [2.45, 2.75) is 25.2 Å². The van der Waals surface area contributed by atoms with Crippen molar-refractivity contribution in [1.29, 1.82) is 0 Å². The summed E-state index contributed by atoms with van der Waals surface area (Å²) in [5.74, 6) is 0.0609. The van der Waals surface area contributed by atoms with Gasteiger partial charge in [0.05, 0.1) is 11.9 Å². The summed E-state index contributed by atoms with van der Waals surface area (Å²) in [6, 6.07) is 5.42. The summed E-state index contributed by atoms with van der Waals surface area (Å²) in [6.45, 7) is 1.27. The lowest BCUT2D eigenvalue weighted by molar-refractivity contribution is -0.274. The molecule has 1 amide bonds. The van der Waals surface area contributed by atoms with Crippen LogP contribution in [-0.2, 0) is 4.79 Å². The van der Waals surface area contributed by atoms with Crippen molar-refractivity contribution in [3.63, 3.8) is 0 Å². The Bertz CT molecular complexity index is 1110. The molecule has 0 spiro atoms. The van der Waals surface area contributed by atoms with Crippen molar-refractivity contribution in [2.75, 3.05) is 29.9 Å². The number of carbonyl (C=O) groups excluding carboxylic acids is 1. The van der Waals surface area contributed by atoms with Crippen LogP contribution in [0.3, 0.4) is 0 Å². The fourth-order valence-electron chi connectivity index (χ4n) is 3.72. The summed E-state index contributed by atoms with van der Waals surface area (Å²) in [5.41, 5.74) is 0.994. The number of amides is 1. The van der Waals surface area contributed by atoms with Gasteiger partial charge in [-0.1, -0.05) is 11.6 Å². The van der Waals surface area contributed by atoms with E-state index in [1.165, 1.54) is 12.4 Å². The number of aromatic amines is 1. The number of nitrogens with zero attached hydrogens (tertiary/aromatic N) is 3. The number of fused-ring (bicyclic) bond motifs is 1. The standard InChI is InChI=1S/C20H20ClF3N6O2/c21-12-6-14(8-15(7-12)32-20(22,23)24)26-9-17(31)29-13-2-1-5-30(10-13)19-16-3-4-25-18(16)27-11-28-19/h3-4,6-8,11,13,26H,1-2,5,9-10H2,(H,29,31)(H,25,27,28)/t13-/m1/s1. The van der Waals surface area contributed by atoms with Crippen LogP contribution in [0.5, 0.6) is 5.75 Å². The number of halogens is 4. The van der Waals surface area contributed by atoms with Crippen molar-refractivity contribution >= 4 is 40.0 Å². The van der Waals surface area contributed by atoms with E-state index < -0.39 is 12.1 Å². The number of piperidine rings is 1. The summed E-state index contributed by atoms with van der Waals surface area (Å²) in [4.78, 5) is 26.2. The Labute approximate surface area is 186 Å². The van der Waals surface area contributed by atoms with Crippen molar-refractivity contribution in [1.82, 2.24) is 20.3 Å². The maximum Gasteiger partial charge on any atom is 0.573 e. The van der Waals surface area contributed by atoms with Gasteiger partial charge in [0.15, 0.2) is 0 Å². The number of carbonyl (C=O) groups is 1. The maximum atomic E-state index is 12.4. The zero-order valence-electron chi connectivity index (χ0n) is 16.7. The largest absolute Gasteiger partial charge is 0.573 e. The monoisotopic (exact) mass is 468 g/mol. The Balaban J connectivity index is 1.34. The molecule has 0 unspecified atom stereocenters. The molecule has 3 N–H and O–H groups in total. The lowest BCUT2D eigenvalue weighted by Gasteiger charge is -2.34. The van der Waals surface area contributed by atoms with Crippen LogP contribution in [0, 0.1) is 0 Å². The first-order valence-corrected chi connectivity index (χ1v) is 10.3. The average molecular weight is 469 g/mol. The van der Waals surface area contributed by atoms with E-state index >= 15 is 0 Å². The number of alkyl halides is 3. The predicted molar refractivity (Wildman–Crippen MR) is 114 cm³/mol. The highest BCUT2D eigenvalue weighted by molar-refractivity contribution is 6.31. The zero-order chi connectivity index (χ0) is 22.7. The maximum absolute atomic E-state index is 12.4. The van der Waals surface area contributed by atoms with Crippen LogP contribution >= 0.6 is 11.6 Å². The van der Waals surface area contributed by atoms with Gasteiger partial charge < -0.3 is 25.3 Å². The number of rotatable bonds is 6. The molecular weight excluding hydrogens is 449 g/mol. The zero-order valence-corrected chi connectivity index (χ0v) is 17.5. The molecule has 12 heteroatoms. The van der Waals surface area contributed by atoms with E-state index in [-0.39, 0.29) is 29.2 Å². The van der Waals surface area contributed by atoms with Crippen LogP contribution in [0.4, 0.5) is 24.7 Å². The normalized spacial score (nSPS) is 16.8. The molecule has 0 radical (unpaired) electrons. The molecule has 1 aliphatic heterocycles. The Morgan fingerprint density at radius 2 is 2.16 bits per heavy atom. The Hall–Kier alpha value is -3.21. The van der Waals surface area contributed by atoms with Crippen molar-refractivity contribution < 1.29 is 22.7 Å². The average Bonchev–Trinajstić information content (AvgIpc) is 3.20. The minimum atomic E-state index is -4.83. The number of hydrogen-bond acceptors (Lipinski definition) is 6. The first-order valence-electron chi connectivity index (χ1n) is 9.89. The molecule has 0 saturated carbocycles. The van der Waals surface area contributed by atoms with Gasteiger partial charge in [-0.05, 0) is 31.0 Å². The molecule has 1 fully saturated rings. The fraction of sp³-hybridized carbons (Fsp3) is 0.350.